The smallest absolute Gasteiger partial charge is 0.280 e. The van der Waals surface area contributed by atoms with E-state index in [0.29, 0.717) is 23.9 Å². The second-order valence-corrected chi connectivity index (χ2v) is 8.64. The average molecular weight is 421 g/mol. The summed E-state index contributed by atoms with van der Waals surface area (Å²) in [6.45, 7) is 5.78. The molecule has 8 nitrogen and oxygen atoms in total. The first-order chi connectivity index (χ1) is 13.8. The number of rotatable bonds is 5. The largest absolute Gasteiger partial charge is 0.302 e. The van der Waals surface area contributed by atoms with Crippen molar-refractivity contribution in [2.75, 3.05) is 18.4 Å². The van der Waals surface area contributed by atoms with E-state index < -0.39 is 6.43 Å². The maximum Gasteiger partial charge on any atom is 0.280 e. The molecule has 0 saturated carbocycles. The number of alkyl halides is 2. The monoisotopic (exact) mass is 421 g/mol. The molecule has 1 N–H and O–H groups in total. The van der Waals surface area contributed by atoms with Crippen LogP contribution in [0.5, 0.6) is 0 Å². The Labute approximate surface area is 170 Å². The second-order valence-electron chi connectivity index (χ2n) is 7.53. The average Bonchev–Trinajstić information content (AvgIpc) is 3.29. The van der Waals surface area contributed by atoms with Crippen molar-refractivity contribution in [3.8, 4) is 0 Å². The van der Waals surface area contributed by atoms with Crippen molar-refractivity contribution in [2.24, 2.45) is 0 Å². The molecule has 4 rings (SSSR count). The third kappa shape index (κ3) is 4.10. The second kappa shape index (κ2) is 7.71. The van der Waals surface area contributed by atoms with Gasteiger partial charge in [0.15, 0.2) is 5.13 Å². The number of carbonyl (C=O) groups excluding carboxylic acids is 1. The van der Waals surface area contributed by atoms with E-state index in [2.05, 4.69) is 37.2 Å². The normalized spacial score (nSPS) is 20.4. The van der Waals surface area contributed by atoms with Gasteiger partial charge in [-0.05, 0) is 25.5 Å². The molecule has 1 amide bonds. The third-order valence-corrected chi connectivity index (χ3v) is 6.00. The molecule has 1 unspecified atom stereocenters. The maximum absolute atomic E-state index is 13.4. The molecule has 1 aliphatic heterocycles. The Balaban J connectivity index is 1.58. The summed E-state index contributed by atoms with van der Waals surface area (Å²) in [6.07, 6.45) is 2.22. The number of aromatic nitrogens is 5. The van der Waals surface area contributed by atoms with Gasteiger partial charge in [0.1, 0.15) is 12.0 Å². The number of amides is 1. The van der Waals surface area contributed by atoms with E-state index in [1.807, 2.05) is 0 Å². The number of hydrogen-bond donors (Lipinski definition) is 1. The molecule has 29 heavy (non-hydrogen) atoms. The molecule has 0 spiro atoms. The molecule has 154 valence electrons. The van der Waals surface area contributed by atoms with Gasteiger partial charge in [-0.3, -0.25) is 9.69 Å². The van der Waals surface area contributed by atoms with Crippen LogP contribution >= 0.6 is 11.3 Å². The van der Waals surface area contributed by atoms with Gasteiger partial charge in [-0.1, -0.05) is 6.92 Å². The van der Waals surface area contributed by atoms with Crippen molar-refractivity contribution in [3.63, 3.8) is 0 Å². The van der Waals surface area contributed by atoms with Crippen LogP contribution in [0.1, 0.15) is 49.4 Å². The summed E-state index contributed by atoms with van der Waals surface area (Å²) in [6, 6.07) is 1.46. The first kappa shape index (κ1) is 19.8. The van der Waals surface area contributed by atoms with Gasteiger partial charge < -0.3 is 5.32 Å². The summed E-state index contributed by atoms with van der Waals surface area (Å²) in [7, 11) is 0. The predicted molar refractivity (Wildman–Crippen MR) is 104 cm³/mol. The number of carbonyl (C=O) groups is 1. The number of halogens is 2. The standard InChI is InChI=1S/C18H21F2N7OS/c1-11(28)24-17-21-7-12(29-17)8-26-5-3-4-18(2,9-26)14-6-13(15(19)20)25-16-22-10-23-27(14)16/h6-7,10,15H,3-5,8-9H2,1-2H3,(H,21,24,28). The molecule has 0 aromatic carbocycles. The van der Waals surface area contributed by atoms with E-state index in [-0.39, 0.29) is 22.8 Å². The van der Waals surface area contributed by atoms with E-state index in [1.165, 1.54) is 30.7 Å². The van der Waals surface area contributed by atoms with Gasteiger partial charge in [0.2, 0.25) is 5.91 Å². The highest BCUT2D eigenvalue weighted by Gasteiger charge is 2.36. The molecular weight excluding hydrogens is 400 g/mol. The highest BCUT2D eigenvalue weighted by molar-refractivity contribution is 7.15. The molecule has 3 aromatic rings. The molecule has 1 aliphatic rings. The Morgan fingerprint density at radius 2 is 2.24 bits per heavy atom. The van der Waals surface area contributed by atoms with Crippen molar-refractivity contribution in [1.82, 2.24) is 29.5 Å². The van der Waals surface area contributed by atoms with E-state index in [9.17, 15) is 13.6 Å². The van der Waals surface area contributed by atoms with Crippen LogP contribution in [0.2, 0.25) is 0 Å². The molecule has 1 fully saturated rings. The molecule has 0 bridgehead atoms. The molecule has 1 atom stereocenters. The number of piperidine rings is 1. The van der Waals surface area contributed by atoms with Crippen LogP contribution in [0, 0.1) is 0 Å². The van der Waals surface area contributed by atoms with Crippen LogP contribution in [-0.4, -0.2) is 48.5 Å². The zero-order valence-corrected chi connectivity index (χ0v) is 16.9. The lowest BCUT2D eigenvalue weighted by molar-refractivity contribution is -0.114. The number of anilines is 1. The lowest BCUT2D eigenvalue weighted by atomic mass is 9.78. The molecular formula is C18H21F2N7OS. The number of nitrogens with zero attached hydrogens (tertiary/aromatic N) is 6. The zero-order chi connectivity index (χ0) is 20.6. The molecule has 0 radical (unpaired) electrons. The molecule has 11 heteroatoms. The van der Waals surface area contributed by atoms with Crippen LogP contribution in [0.25, 0.3) is 5.78 Å². The number of thiazole rings is 1. The highest BCUT2D eigenvalue weighted by atomic mass is 32.1. The van der Waals surface area contributed by atoms with Gasteiger partial charge in [-0.15, -0.1) is 11.3 Å². The van der Waals surface area contributed by atoms with Crippen molar-refractivity contribution >= 4 is 28.2 Å². The Morgan fingerprint density at radius 3 is 3.00 bits per heavy atom. The minimum absolute atomic E-state index is 0.152. The minimum Gasteiger partial charge on any atom is -0.302 e. The summed E-state index contributed by atoms with van der Waals surface area (Å²) in [5, 5.41) is 7.48. The molecule has 4 heterocycles. The topological polar surface area (TPSA) is 88.3 Å². The summed E-state index contributed by atoms with van der Waals surface area (Å²) >= 11 is 1.44. The van der Waals surface area contributed by atoms with Crippen molar-refractivity contribution in [2.45, 2.75) is 45.1 Å². The Hall–Kier alpha value is -2.53. The van der Waals surface area contributed by atoms with Crippen LogP contribution in [0.4, 0.5) is 13.9 Å². The van der Waals surface area contributed by atoms with Gasteiger partial charge in [-0.2, -0.15) is 10.1 Å². The Bertz CT molecular complexity index is 1040. The minimum atomic E-state index is -2.66. The summed E-state index contributed by atoms with van der Waals surface area (Å²) < 4.78 is 28.3. The fraction of sp³-hybridized carbons (Fsp3) is 0.500. The van der Waals surface area contributed by atoms with Gasteiger partial charge in [0.25, 0.3) is 12.2 Å². The lowest BCUT2D eigenvalue weighted by Gasteiger charge is -2.40. The van der Waals surface area contributed by atoms with Crippen molar-refractivity contribution in [1.29, 1.82) is 0 Å². The van der Waals surface area contributed by atoms with Gasteiger partial charge in [0.05, 0.1) is 5.69 Å². The Kier molecular flexibility index (Phi) is 5.26. The fourth-order valence-corrected chi connectivity index (χ4v) is 4.77. The maximum atomic E-state index is 13.4. The number of nitrogens with one attached hydrogen (secondary N) is 1. The van der Waals surface area contributed by atoms with Crippen LogP contribution in [0.3, 0.4) is 0 Å². The van der Waals surface area contributed by atoms with Crippen LogP contribution in [-0.2, 0) is 16.8 Å². The first-order valence-corrected chi connectivity index (χ1v) is 10.1. The van der Waals surface area contributed by atoms with Crippen LogP contribution < -0.4 is 5.32 Å². The lowest BCUT2D eigenvalue weighted by Crippen LogP contribution is -2.45. The van der Waals surface area contributed by atoms with Gasteiger partial charge >= 0.3 is 0 Å². The van der Waals surface area contributed by atoms with E-state index >= 15 is 0 Å². The number of fused-ring (bicyclic) bond motifs is 1. The van der Waals surface area contributed by atoms with E-state index in [4.69, 9.17) is 0 Å². The van der Waals surface area contributed by atoms with E-state index in [0.717, 1.165) is 24.3 Å². The SMILES string of the molecule is CC(=O)Nc1ncc(CN2CCCC(C)(c3cc(C(F)F)nc4ncnn34)C2)s1. The molecule has 3 aromatic heterocycles. The van der Waals surface area contributed by atoms with Crippen LogP contribution in [0.15, 0.2) is 18.6 Å². The molecule has 0 aliphatic carbocycles. The number of hydrogen-bond acceptors (Lipinski definition) is 7. The third-order valence-electron chi connectivity index (χ3n) is 5.11. The molecule has 1 saturated heterocycles. The zero-order valence-electron chi connectivity index (χ0n) is 16.1. The van der Waals surface area contributed by atoms with Crippen molar-refractivity contribution in [3.05, 3.63) is 34.9 Å². The summed E-state index contributed by atoms with van der Waals surface area (Å²) in [4.78, 5) is 26.7. The summed E-state index contributed by atoms with van der Waals surface area (Å²) in [5.74, 6) is 0.0411. The highest BCUT2D eigenvalue weighted by Crippen LogP contribution is 2.36. The van der Waals surface area contributed by atoms with Gasteiger partial charge in [-0.25, -0.2) is 23.3 Å². The van der Waals surface area contributed by atoms with E-state index in [1.54, 1.807) is 10.7 Å². The van der Waals surface area contributed by atoms with Crippen molar-refractivity contribution < 1.29 is 13.6 Å². The fourth-order valence-electron chi connectivity index (χ4n) is 3.87. The first-order valence-electron chi connectivity index (χ1n) is 9.28. The summed E-state index contributed by atoms with van der Waals surface area (Å²) in [5.41, 5.74) is 0.0477. The van der Waals surface area contributed by atoms with Gasteiger partial charge in [0, 0.05) is 36.5 Å². The number of likely N-dealkylation sites (tertiary alicyclic amines) is 1. The predicted octanol–water partition coefficient (Wildman–Crippen LogP) is 3.03. The Morgan fingerprint density at radius 1 is 1.41 bits per heavy atom. The quantitative estimate of drug-likeness (QED) is 0.681.